The average Bonchev–Trinajstić information content (AvgIpc) is 2.52. The number of rotatable bonds is 1. The van der Waals surface area contributed by atoms with Gasteiger partial charge in [-0.15, -0.1) is 11.6 Å². The van der Waals surface area contributed by atoms with Gasteiger partial charge in [-0.1, -0.05) is 19.1 Å². The van der Waals surface area contributed by atoms with Crippen LogP contribution in [0.1, 0.15) is 37.3 Å². The Bertz CT molecular complexity index is 375. The van der Waals surface area contributed by atoms with Gasteiger partial charge in [0, 0.05) is 5.38 Å². The van der Waals surface area contributed by atoms with Gasteiger partial charge in [-0.3, -0.25) is 0 Å². The summed E-state index contributed by atoms with van der Waals surface area (Å²) in [5, 5.41) is 0.278. The molecule has 15 heavy (non-hydrogen) atoms. The van der Waals surface area contributed by atoms with Crippen LogP contribution >= 0.6 is 11.6 Å². The first kappa shape index (κ1) is 10.9. The van der Waals surface area contributed by atoms with E-state index in [1.165, 1.54) is 5.56 Å². The molecule has 1 fully saturated rings. The van der Waals surface area contributed by atoms with Crippen molar-refractivity contribution < 1.29 is 4.39 Å². The summed E-state index contributed by atoms with van der Waals surface area (Å²) in [7, 11) is 0. The van der Waals surface area contributed by atoms with Crippen molar-refractivity contribution in [3.8, 4) is 0 Å². The van der Waals surface area contributed by atoms with Gasteiger partial charge in [-0.2, -0.15) is 0 Å². The van der Waals surface area contributed by atoms with Crippen LogP contribution in [0.5, 0.6) is 0 Å². The Kier molecular flexibility index (Phi) is 2.76. The Labute approximate surface area is 95.4 Å². The minimum atomic E-state index is -0.122. The summed E-state index contributed by atoms with van der Waals surface area (Å²) >= 11 is 6.14. The molecule has 1 saturated carbocycles. The lowest BCUT2D eigenvalue weighted by Gasteiger charge is -2.24. The van der Waals surface area contributed by atoms with Crippen LogP contribution in [0.4, 0.5) is 4.39 Å². The molecule has 1 aliphatic carbocycles. The van der Waals surface area contributed by atoms with Gasteiger partial charge >= 0.3 is 0 Å². The third kappa shape index (κ3) is 2.03. The smallest absolute Gasteiger partial charge is 0.126 e. The van der Waals surface area contributed by atoms with Gasteiger partial charge in [-0.05, 0) is 48.8 Å². The van der Waals surface area contributed by atoms with Crippen LogP contribution in [-0.2, 0) is 5.41 Å². The summed E-state index contributed by atoms with van der Waals surface area (Å²) in [6.07, 6.45) is 3.17. The van der Waals surface area contributed by atoms with Crippen LogP contribution in [0.3, 0.4) is 0 Å². The zero-order valence-corrected chi connectivity index (χ0v) is 9.94. The third-order valence-electron chi connectivity index (χ3n) is 3.54. The Balaban J connectivity index is 2.33. The number of alkyl halides is 1. The summed E-state index contributed by atoms with van der Waals surface area (Å²) in [4.78, 5) is 0. The van der Waals surface area contributed by atoms with E-state index in [0.717, 1.165) is 24.8 Å². The van der Waals surface area contributed by atoms with Gasteiger partial charge in [0.2, 0.25) is 0 Å². The van der Waals surface area contributed by atoms with Crippen LogP contribution in [0, 0.1) is 12.7 Å². The lowest BCUT2D eigenvalue weighted by atomic mass is 9.80. The van der Waals surface area contributed by atoms with Crippen LogP contribution in [0.25, 0.3) is 0 Å². The average molecular weight is 227 g/mol. The molecule has 0 heterocycles. The number of hydrogen-bond donors (Lipinski definition) is 0. The normalized spacial score (nSPS) is 30.8. The summed E-state index contributed by atoms with van der Waals surface area (Å²) in [5.74, 6) is -0.122. The molecule has 0 nitrogen and oxygen atoms in total. The molecule has 1 aromatic rings. The van der Waals surface area contributed by atoms with E-state index in [9.17, 15) is 4.39 Å². The topological polar surface area (TPSA) is 0 Å². The first-order chi connectivity index (χ1) is 7.01. The van der Waals surface area contributed by atoms with Gasteiger partial charge < -0.3 is 0 Å². The highest BCUT2D eigenvalue weighted by molar-refractivity contribution is 6.20. The molecule has 0 aliphatic heterocycles. The predicted octanol–water partition coefficient (Wildman–Crippen LogP) is 4.18. The van der Waals surface area contributed by atoms with Crippen molar-refractivity contribution in [2.75, 3.05) is 0 Å². The van der Waals surface area contributed by atoms with E-state index in [2.05, 4.69) is 6.92 Å². The van der Waals surface area contributed by atoms with Crippen molar-refractivity contribution in [1.29, 1.82) is 0 Å². The number of hydrogen-bond acceptors (Lipinski definition) is 0. The van der Waals surface area contributed by atoms with Gasteiger partial charge in [0.05, 0.1) is 0 Å². The van der Waals surface area contributed by atoms with Crippen LogP contribution in [-0.4, -0.2) is 5.38 Å². The molecule has 2 unspecified atom stereocenters. The molecular formula is C13H16ClF. The molecule has 0 saturated heterocycles. The van der Waals surface area contributed by atoms with E-state index < -0.39 is 0 Å². The molecular weight excluding hydrogens is 211 g/mol. The highest BCUT2D eigenvalue weighted by Crippen LogP contribution is 2.43. The summed E-state index contributed by atoms with van der Waals surface area (Å²) in [6.45, 7) is 4.04. The van der Waals surface area contributed by atoms with E-state index in [-0.39, 0.29) is 16.6 Å². The first-order valence-corrected chi connectivity index (χ1v) is 5.86. The minimum absolute atomic E-state index is 0.122. The molecule has 1 aliphatic rings. The summed E-state index contributed by atoms with van der Waals surface area (Å²) < 4.78 is 13.2. The van der Waals surface area contributed by atoms with Crippen molar-refractivity contribution in [1.82, 2.24) is 0 Å². The van der Waals surface area contributed by atoms with Crippen LogP contribution in [0.2, 0.25) is 0 Å². The van der Waals surface area contributed by atoms with Crippen LogP contribution in [0.15, 0.2) is 18.2 Å². The monoisotopic (exact) mass is 226 g/mol. The fourth-order valence-electron chi connectivity index (χ4n) is 2.45. The molecule has 2 atom stereocenters. The largest absolute Gasteiger partial charge is 0.207 e. The Morgan fingerprint density at radius 2 is 2.20 bits per heavy atom. The number of benzene rings is 1. The highest BCUT2D eigenvalue weighted by atomic mass is 35.5. The molecule has 0 radical (unpaired) electrons. The van der Waals surface area contributed by atoms with E-state index in [0.29, 0.717) is 0 Å². The first-order valence-electron chi connectivity index (χ1n) is 5.42. The lowest BCUT2D eigenvalue weighted by Crippen LogP contribution is -2.18. The van der Waals surface area contributed by atoms with Crippen molar-refractivity contribution >= 4 is 11.6 Å². The maximum Gasteiger partial charge on any atom is 0.126 e. The molecule has 2 heteroatoms. The molecule has 0 N–H and O–H groups in total. The molecule has 2 rings (SSSR count). The molecule has 82 valence electrons. The minimum Gasteiger partial charge on any atom is -0.207 e. The SMILES string of the molecule is Cc1cc(C2(C)CCC(Cl)C2)ccc1F. The van der Waals surface area contributed by atoms with Crippen molar-refractivity contribution in [2.45, 2.75) is 43.9 Å². The van der Waals surface area contributed by atoms with Gasteiger partial charge in [0.1, 0.15) is 5.82 Å². The molecule has 0 amide bonds. The van der Waals surface area contributed by atoms with E-state index in [4.69, 9.17) is 11.6 Å². The fraction of sp³-hybridized carbons (Fsp3) is 0.538. The fourth-order valence-corrected chi connectivity index (χ4v) is 2.90. The van der Waals surface area contributed by atoms with Gasteiger partial charge in [0.25, 0.3) is 0 Å². The van der Waals surface area contributed by atoms with E-state index in [1.54, 1.807) is 6.07 Å². The van der Waals surface area contributed by atoms with Gasteiger partial charge in [0.15, 0.2) is 0 Å². The number of aryl methyl sites for hydroxylation is 1. The van der Waals surface area contributed by atoms with E-state index in [1.807, 2.05) is 19.1 Å². The van der Waals surface area contributed by atoms with Gasteiger partial charge in [-0.25, -0.2) is 4.39 Å². The Morgan fingerprint density at radius 3 is 2.73 bits per heavy atom. The van der Waals surface area contributed by atoms with Crippen molar-refractivity contribution in [3.63, 3.8) is 0 Å². The molecule has 0 spiro atoms. The zero-order valence-electron chi connectivity index (χ0n) is 9.19. The Morgan fingerprint density at radius 1 is 1.47 bits per heavy atom. The Hall–Kier alpha value is -0.560. The molecule has 0 bridgehead atoms. The summed E-state index contributed by atoms with van der Waals surface area (Å²) in [5.41, 5.74) is 2.10. The van der Waals surface area contributed by atoms with Crippen molar-refractivity contribution in [2.24, 2.45) is 0 Å². The maximum atomic E-state index is 13.2. The van der Waals surface area contributed by atoms with E-state index >= 15 is 0 Å². The second-order valence-electron chi connectivity index (χ2n) is 4.86. The lowest BCUT2D eigenvalue weighted by molar-refractivity contribution is 0.490. The van der Waals surface area contributed by atoms with Crippen LogP contribution < -0.4 is 0 Å². The molecule has 0 aromatic heterocycles. The zero-order chi connectivity index (χ0) is 11.1. The summed E-state index contributed by atoms with van der Waals surface area (Å²) in [6, 6.07) is 5.43. The quantitative estimate of drug-likeness (QED) is 0.630. The second-order valence-corrected chi connectivity index (χ2v) is 5.48. The molecule has 1 aromatic carbocycles. The second kappa shape index (κ2) is 3.79. The van der Waals surface area contributed by atoms with Crippen molar-refractivity contribution in [3.05, 3.63) is 35.1 Å². The number of halogens is 2. The standard InChI is InChI=1S/C13H16ClF/c1-9-7-10(3-4-12(9)15)13(2)6-5-11(14)8-13/h3-4,7,11H,5-6,8H2,1-2H3. The third-order valence-corrected chi connectivity index (χ3v) is 3.91. The maximum absolute atomic E-state index is 13.2. The predicted molar refractivity (Wildman–Crippen MR) is 62.0 cm³/mol. The highest BCUT2D eigenvalue weighted by Gasteiger charge is 2.35.